The summed E-state index contributed by atoms with van der Waals surface area (Å²) in [6.07, 6.45) is 4.12. The van der Waals surface area contributed by atoms with Gasteiger partial charge in [-0.1, -0.05) is 5.16 Å². The van der Waals surface area contributed by atoms with Crippen LogP contribution in [0.15, 0.2) is 34.3 Å². The van der Waals surface area contributed by atoms with Crippen molar-refractivity contribution in [3.8, 4) is 5.82 Å². The molecule has 1 fully saturated rings. The van der Waals surface area contributed by atoms with E-state index in [0.29, 0.717) is 32.0 Å². The molecule has 10 nitrogen and oxygen atoms in total. The summed E-state index contributed by atoms with van der Waals surface area (Å²) in [7, 11) is -3.58. The zero-order valence-electron chi connectivity index (χ0n) is 15.9. The van der Waals surface area contributed by atoms with Gasteiger partial charge in [0.15, 0.2) is 0 Å². The van der Waals surface area contributed by atoms with Crippen molar-refractivity contribution in [1.29, 1.82) is 0 Å². The van der Waals surface area contributed by atoms with Gasteiger partial charge in [-0.3, -0.25) is 4.57 Å². The topological polar surface area (TPSA) is 110 Å². The van der Waals surface area contributed by atoms with Crippen LogP contribution in [0.5, 0.6) is 0 Å². The van der Waals surface area contributed by atoms with E-state index in [4.69, 9.17) is 0 Å². The standard InChI is InChI=1S/C17H21N7O3S/c1-12-13(2)24(11-18-12)17-8-16(20-14(3)21-17)22-4-6-23(7-5-22)28(25,26)15-9-19-27-10-15/h8-11H,4-7H2,1-3H3. The van der Waals surface area contributed by atoms with Crippen molar-refractivity contribution in [2.75, 3.05) is 31.1 Å². The molecule has 0 amide bonds. The monoisotopic (exact) mass is 403 g/mol. The van der Waals surface area contributed by atoms with Gasteiger partial charge in [0.2, 0.25) is 10.0 Å². The molecule has 0 bridgehead atoms. The van der Waals surface area contributed by atoms with Crippen LogP contribution in [-0.2, 0) is 10.0 Å². The van der Waals surface area contributed by atoms with Crippen molar-refractivity contribution in [2.45, 2.75) is 25.7 Å². The van der Waals surface area contributed by atoms with Crippen molar-refractivity contribution in [3.05, 3.63) is 42.1 Å². The van der Waals surface area contributed by atoms with Gasteiger partial charge in [-0.25, -0.2) is 23.4 Å². The Hall–Kier alpha value is -2.79. The molecule has 3 aromatic heterocycles. The lowest BCUT2D eigenvalue weighted by atomic mass is 10.3. The summed E-state index contributed by atoms with van der Waals surface area (Å²) in [6, 6.07) is 1.91. The summed E-state index contributed by atoms with van der Waals surface area (Å²) >= 11 is 0. The maximum atomic E-state index is 12.6. The molecule has 0 atom stereocenters. The third-order valence-electron chi connectivity index (χ3n) is 4.92. The van der Waals surface area contributed by atoms with E-state index >= 15 is 0 Å². The summed E-state index contributed by atoms with van der Waals surface area (Å²) in [6.45, 7) is 7.57. The van der Waals surface area contributed by atoms with E-state index in [1.807, 2.05) is 31.4 Å². The Balaban J connectivity index is 1.55. The molecule has 28 heavy (non-hydrogen) atoms. The molecular formula is C17H21N7O3S. The van der Waals surface area contributed by atoms with Gasteiger partial charge < -0.3 is 9.42 Å². The third kappa shape index (κ3) is 3.27. The highest BCUT2D eigenvalue weighted by Gasteiger charge is 2.30. The number of hydrogen-bond acceptors (Lipinski definition) is 8. The maximum absolute atomic E-state index is 12.6. The normalized spacial score (nSPS) is 15.9. The fraction of sp³-hybridized carbons (Fsp3) is 0.412. The SMILES string of the molecule is Cc1nc(N2CCN(S(=O)(=O)c3cnoc3)CC2)cc(-n2cnc(C)c2C)n1. The van der Waals surface area contributed by atoms with Gasteiger partial charge >= 0.3 is 0 Å². The third-order valence-corrected chi connectivity index (χ3v) is 6.76. The average Bonchev–Trinajstić information content (AvgIpc) is 3.33. The molecule has 1 aliphatic rings. The second-order valence-electron chi connectivity index (χ2n) is 6.67. The molecule has 0 aliphatic carbocycles. The second kappa shape index (κ2) is 6.99. The summed E-state index contributed by atoms with van der Waals surface area (Å²) in [5.74, 6) is 2.17. The van der Waals surface area contributed by atoms with Crippen LogP contribution >= 0.6 is 0 Å². The lowest BCUT2D eigenvalue weighted by Gasteiger charge is -2.34. The van der Waals surface area contributed by atoms with Crippen molar-refractivity contribution >= 4 is 15.8 Å². The smallest absolute Gasteiger partial charge is 0.248 e. The molecule has 0 saturated carbocycles. The molecular weight excluding hydrogens is 382 g/mol. The van der Waals surface area contributed by atoms with E-state index in [1.165, 1.54) is 10.5 Å². The summed E-state index contributed by atoms with van der Waals surface area (Å²) in [5.41, 5.74) is 1.97. The zero-order valence-corrected chi connectivity index (χ0v) is 16.7. The van der Waals surface area contributed by atoms with Gasteiger partial charge in [0.1, 0.15) is 34.9 Å². The fourth-order valence-corrected chi connectivity index (χ4v) is 4.46. The second-order valence-corrected chi connectivity index (χ2v) is 8.61. The highest BCUT2D eigenvalue weighted by atomic mass is 32.2. The number of aromatic nitrogens is 5. The van der Waals surface area contributed by atoms with E-state index in [0.717, 1.165) is 29.3 Å². The largest absolute Gasteiger partial charge is 0.363 e. The summed E-state index contributed by atoms with van der Waals surface area (Å²) in [5, 5.41) is 3.49. The molecule has 0 N–H and O–H groups in total. The van der Waals surface area contributed by atoms with E-state index in [9.17, 15) is 8.42 Å². The zero-order chi connectivity index (χ0) is 19.9. The van der Waals surface area contributed by atoms with Gasteiger partial charge in [0.05, 0.1) is 11.9 Å². The predicted octanol–water partition coefficient (Wildman–Crippen LogP) is 1.09. The molecule has 4 rings (SSSR count). The number of hydrogen-bond donors (Lipinski definition) is 0. The van der Waals surface area contributed by atoms with Crippen LogP contribution in [0.25, 0.3) is 5.82 Å². The van der Waals surface area contributed by atoms with Crippen molar-refractivity contribution < 1.29 is 12.9 Å². The predicted molar refractivity (Wildman–Crippen MR) is 101 cm³/mol. The van der Waals surface area contributed by atoms with E-state index < -0.39 is 10.0 Å². The van der Waals surface area contributed by atoms with Crippen molar-refractivity contribution in [3.63, 3.8) is 0 Å². The van der Waals surface area contributed by atoms with Crippen LogP contribution in [0.4, 0.5) is 5.82 Å². The number of aryl methyl sites for hydroxylation is 2. The van der Waals surface area contributed by atoms with E-state index in [2.05, 4.69) is 29.5 Å². The summed E-state index contributed by atoms with van der Waals surface area (Å²) < 4.78 is 33.2. The molecule has 0 spiro atoms. The van der Waals surface area contributed by atoms with Gasteiger partial charge in [-0.05, 0) is 20.8 Å². The molecule has 0 aromatic carbocycles. The molecule has 1 saturated heterocycles. The first-order valence-corrected chi connectivity index (χ1v) is 10.3. The Morgan fingerprint density at radius 2 is 1.75 bits per heavy atom. The number of imidazole rings is 1. The number of anilines is 1. The van der Waals surface area contributed by atoms with Crippen LogP contribution in [0, 0.1) is 20.8 Å². The van der Waals surface area contributed by atoms with Crippen LogP contribution < -0.4 is 4.90 Å². The van der Waals surface area contributed by atoms with Crippen LogP contribution in [0.3, 0.4) is 0 Å². The quantitative estimate of drug-likeness (QED) is 0.637. The van der Waals surface area contributed by atoms with Crippen LogP contribution in [0.2, 0.25) is 0 Å². The number of nitrogens with zero attached hydrogens (tertiary/aromatic N) is 7. The first-order chi connectivity index (χ1) is 13.4. The van der Waals surface area contributed by atoms with E-state index in [-0.39, 0.29) is 4.90 Å². The molecule has 3 aromatic rings. The number of sulfonamides is 1. The minimum absolute atomic E-state index is 0.0760. The summed E-state index contributed by atoms with van der Waals surface area (Å²) in [4.78, 5) is 15.5. The van der Waals surface area contributed by atoms with Crippen LogP contribution in [-0.4, -0.2) is 63.6 Å². The lowest BCUT2D eigenvalue weighted by molar-refractivity contribution is 0.382. The van der Waals surface area contributed by atoms with Crippen LogP contribution in [0.1, 0.15) is 17.2 Å². The van der Waals surface area contributed by atoms with Crippen molar-refractivity contribution in [1.82, 2.24) is 29.0 Å². The Morgan fingerprint density at radius 3 is 2.36 bits per heavy atom. The Bertz CT molecular complexity index is 1080. The first kappa shape index (κ1) is 18.6. The molecule has 1 aliphatic heterocycles. The minimum atomic E-state index is -3.58. The molecule has 148 valence electrons. The average molecular weight is 403 g/mol. The van der Waals surface area contributed by atoms with Crippen molar-refractivity contribution in [2.24, 2.45) is 0 Å². The maximum Gasteiger partial charge on any atom is 0.248 e. The number of piperazine rings is 1. The van der Waals surface area contributed by atoms with Gasteiger partial charge in [-0.15, -0.1) is 0 Å². The minimum Gasteiger partial charge on any atom is -0.363 e. The Labute approximate surface area is 162 Å². The molecule has 0 unspecified atom stereocenters. The molecule has 0 radical (unpaired) electrons. The van der Waals surface area contributed by atoms with Gasteiger partial charge in [-0.2, -0.15) is 4.31 Å². The Morgan fingerprint density at radius 1 is 1.04 bits per heavy atom. The first-order valence-electron chi connectivity index (χ1n) is 8.87. The Kier molecular flexibility index (Phi) is 4.63. The highest BCUT2D eigenvalue weighted by Crippen LogP contribution is 2.22. The van der Waals surface area contributed by atoms with E-state index in [1.54, 1.807) is 6.33 Å². The highest BCUT2D eigenvalue weighted by molar-refractivity contribution is 7.89. The number of rotatable bonds is 4. The molecule has 4 heterocycles. The fourth-order valence-electron chi connectivity index (χ4n) is 3.18. The lowest BCUT2D eigenvalue weighted by Crippen LogP contribution is -2.49. The van der Waals surface area contributed by atoms with Gasteiger partial charge in [0.25, 0.3) is 0 Å². The molecule has 11 heteroatoms. The van der Waals surface area contributed by atoms with Gasteiger partial charge in [0, 0.05) is 37.9 Å².